The number of aryl methyl sites for hydroxylation is 1. The summed E-state index contributed by atoms with van der Waals surface area (Å²) >= 11 is 3.89. The second kappa shape index (κ2) is 8.69. The number of hydrogen-bond donors (Lipinski definition) is 1. The standard InChI is InChI=1S/C21H22O3S2/c1-3-15-13-18(9-10-19(15)20(22)23)24-17-7-5-16(6-8-17)14(2)21-25-11-4-12-26-21/h5-10,13H,3-4,11-12H2,1-2H3,(H,22,23). The summed E-state index contributed by atoms with van der Waals surface area (Å²) in [6.45, 7) is 4.12. The molecule has 3 rings (SSSR count). The molecule has 0 spiro atoms. The molecule has 1 fully saturated rings. The molecule has 2 aromatic rings. The number of benzene rings is 2. The Labute approximate surface area is 162 Å². The minimum absolute atomic E-state index is 0.333. The summed E-state index contributed by atoms with van der Waals surface area (Å²) in [7, 11) is 0. The molecule has 0 atom stereocenters. The van der Waals surface area contributed by atoms with Gasteiger partial charge in [0.25, 0.3) is 0 Å². The van der Waals surface area contributed by atoms with E-state index in [9.17, 15) is 9.90 Å². The molecule has 1 aliphatic rings. The van der Waals surface area contributed by atoms with Gasteiger partial charge in [0.15, 0.2) is 0 Å². The molecule has 3 nitrogen and oxygen atoms in total. The fourth-order valence-electron chi connectivity index (χ4n) is 2.81. The fraction of sp³-hybridized carbons (Fsp3) is 0.286. The minimum Gasteiger partial charge on any atom is -0.478 e. The number of carbonyl (C=O) groups is 1. The summed E-state index contributed by atoms with van der Waals surface area (Å²) in [4.78, 5) is 11.2. The van der Waals surface area contributed by atoms with E-state index in [1.54, 1.807) is 18.2 Å². The average molecular weight is 387 g/mol. The molecule has 1 N–H and O–H groups in total. The Morgan fingerprint density at radius 1 is 1.08 bits per heavy atom. The molecule has 1 heterocycles. The van der Waals surface area contributed by atoms with E-state index in [1.165, 1.54) is 33.3 Å². The van der Waals surface area contributed by atoms with Crippen LogP contribution in [-0.2, 0) is 6.42 Å². The Hall–Kier alpha value is -1.85. The minimum atomic E-state index is -0.903. The van der Waals surface area contributed by atoms with Crippen molar-refractivity contribution in [3.8, 4) is 11.5 Å². The molecule has 5 heteroatoms. The van der Waals surface area contributed by atoms with Gasteiger partial charge >= 0.3 is 5.97 Å². The van der Waals surface area contributed by atoms with Crippen LogP contribution in [0.1, 0.15) is 41.8 Å². The Kier molecular flexibility index (Phi) is 6.33. The average Bonchev–Trinajstić information content (AvgIpc) is 2.68. The van der Waals surface area contributed by atoms with E-state index in [2.05, 4.69) is 19.1 Å². The van der Waals surface area contributed by atoms with Crippen LogP contribution in [0.3, 0.4) is 0 Å². The monoisotopic (exact) mass is 386 g/mol. The number of rotatable bonds is 5. The van der Waals surface area contributed by atoms with Crippen molar-refractivity contribution in [2.45, 2.75) is 26.7 Å². The van der Waals surface area contributed by atoms with E-state index in [-0.39, 0.29) is 0 Å². The molecular formula is C21H22O3S2. The molecule has 0 saturated carbocycles. The molecule has 0 radical (unpaired) electrons. The van der Waals surface area contributed by atoms with Gasteiger partial charge in [0.1, 0.15) is 11.5 Å². The van der Waals surface area contributed by atoms with Crippen molar-refractivity contribution in [3.63, 3.8) is 0 Å². The van der Waals surface area contributed by atoms with E-state index in [0.717, 1.165) is 11.3 Å². The lowest BCUT2D eigenvalue weighted by Gasteiger charge is -2.16. The van der Waals surface area contributed by atoms with Gasteiger partial charge in [0.2, 0.25) is 0 Å². The number of aromatic carboxylic acids is 1. The van der Waals surface area contributed by atoms with Crippen molar-refractivity contribution < 1.29 is 14.6 Å². The number of carboxylic acid groups (broad SMARTS) is 1. The number of carboxylic acids is 1. The summed E-state index contributed by atoms with van der Waals surface area (Å²) in [5.41, 5.74) is 3.65. The van der Waals surface area contributed by atoms with Crippen LogP contribution in [0, 0.1) is 0 Å². The van der Waals surface area contributed by atoms with Gasteiger partial charge in [-0.1, -0.05) is 19.1 Å². The van der Waals surface area contributed by atoms with Crippen molar-refractivity contribution in [1.82, 2.24) is 0 Å². The Morgan fingerprint density at radius 2 is 1.73 bits per heavy atom. The summed E-state index contributed by atoms with van der Waals surface area (Å²) < 4.78 is 7.33. The lowest BCUT2D eigenvalue weighted by atomic mass is 10.1. The molecule has 2 aromatic carbocycles. The molecule has 26 heavy (non-hydrogen) atoms. The summed E-state index contributed by atoms with van der Waals surface area (Å²) in [6.07, 6.45) is 1.93. The highest BCUT2D eigenvalue weighted by Gasteiger charge is 2.12. The molecule has 0 unspecified atom stereocenters. The van der Waals surface area contributed by atoms with Gasteiger partial charge in [0.05, 0.1) is 5.56 Å². The second-order valence-electron chi connectivity index (χ2n) is 6.07. The molecule has 1 aliphatic heterocycles. The Bertz CT molecular complexity index is 818. The van der Waals surface area contributed by atoms with Crippen LogP contribution in [0.15, 0.2) is 46.7 Å². The highest BCUT2D eigenvalue weighted by Crippen LogP contribution is 2.40. The molecule has 136 valence electrons. The van der Waals surface area contributed by atoms with Crippen molar-refractivity contribution in [2.24, 2.45) is 0 Å². The molecular weight excluding hydrogens is 364 g/mol. The van der Waals surface area contributed by atoms with Gasteiger partial charge < -0.3 is 9.84 Å². The van der Waals surface area contributed by atoms with Gasteiger partial charge in [-0.3, -0.25) is 0 Å². The molecule has 0 bridgehead atoms. The molecule has 0 aliphatic carbocycles. The van der Waals surface area contributed by atoms with Crippen LogP contribution in [-0.4, -0.2) is 22.6 Å². The third-order valence-corrected chi connectivity index (χ3v) is 7.10. The van der Waals surface area contributed by atoms with Crippen LogP contribution in [0.4, 0.5) is 0 Å². The molecule has 1 saturated heterocycles. The second-order valence-corrected chi connectivity index (χ2v) is 8.54. The van der Waals surface area contributed by atoms with Gasteiger partial charge in [-0.15, -0.1) is 23.5 Å². The third-order valence-electron chi connectivity index (χ3n) is 4.27. The van der Waals surface area contributed by atoms with E-state index in [1.807, 2.05) is 42.6 Å². The van der Waals surface area contributed by atoms with E-state index >= 15 is 0 Å². The van der Waals surface area contributed by atoms with Gasteiger partial charge in [-0.05, 0) is 78.3 Å². The van der Waals surface area contributed by atoms with Crippen LogP contribution >= 0.6 is 23.5 Å². The zero-order chi connectivity index (χ0) is 18.5. The highest BCUT2D eigenvalue weighted by molar-refractivity contribution is 8.23. The number of ether oxygens (including phenoxy) is 1. The fourth-order valence-corrected chi connectivity index (χ4v) is 5.44. The maximum absolute atomic E-state index is 11.2. The first-order valence-corrected chi connectivity index (χ1v) is 10.7. The smallest absolute Gasteiger partial charge is 0.335 e. The van der Waals surface area contributed by atoms with Crippen molar-refractivity contribution >= 4 is 35.1 Å². The van der Waals surface area contributed by atoms with Gasteiger partial charge in [0, 0.05) is 4.24 Å². The summed E-state index contributed by atoms with van der Waals surface area (Å²) in [5.74, 6) is 2.91. The van der Waals surface area contributed by atoms with Crippen molar-refractivity contribution in [1.29, 1.82) is 0 Å². The topological polar surface area (TPSA) is 46.5 Å². The first kappa shape index (κ1) is 18.9. The Morgan fingerprint density at radius 3 is 2.35 bits per heavy atom. The number of thioether (sulfide) groups is 2. The van der Waals surface area contributed by atoms with Crippen LogP contribution in [0.25, 0.3) is 5.57 Å². The van der Waals surface area contributed by atoms with Crippen LogP contribution in [0.2, 0.25) is 0 Å². The zero-order valence-corrected chi connectivity index (χ0v) is 16.6. The zero-order valence-electron chi connectivity index (χ0n) is 15.0. The van der Waals surface area contributed by atoms with Gasteiger partial charge in [-0.2, -0.15) is 0 Å². The van der Waals surface area contributed by atoms with E-state index in [4.69, 9.17) is 4.74 Å². The van der Waals surface area contributed by atoms with Crippen molar-refractivity contribution in [3.05, 3.63) is 63.4 Å². The van der Waals surface area contributed by atoms with Crippen LogP contribution in [0.5, 0.6) is 11.5 Å². The van der Waals surface area contributed by atoms with E-state index in [0.29, 0.717) is 17.7 Å². The predicted molar refractivity (Wildman–Crippen MR) is 111 cm³/mol. The lowest BCUT2D eigenvalue weighted by Crippen LogP contribution is -2.01. The first-order valence-electron chi connectivity index (χ1n) is 8.69. The predicted octanol–water partition coefficient (Wildman–Crippen LogP) is 6.30. The van der Waals surface area contributed by atoms with Gasteiger partial charge in [-0.25, -0.2) is 4.79 Å². The largest absolute Gasteiger partial charge is 0.478 e. The molecule has 0 aromatic heterocycles. The lowest BCUT2D eigenvalue weighted by molar-refractivity contribution is 0.0695. The summed E-state index contributed by atoms with van der Waals surface area (Å²) in [6, 6.07) is 13.2. The number of allylic oxidation sites excluding steroid dienone is 1. The highest BCUT2D eigenvalue weighted by atomic mass is 32.2. The summed E-state index contributed by atoms with van der Waals surface area (Å²) in [5, 5.41) is 9.22. The third kappa shape index (κ3) is 4.46. The Balaban J connectivity index is 1.76. The number of hydrogen-bond acceptors (Lipinski definition) is 4. The maximum Gasteiger partial charge on any atom is 0.335 e. The quantitative estimate of drug-likeness (QED) is 0.653. The maximum atomic E-state index is 11.2. The van der Waals surface area contributed by atoms with Crippen molar-refractivity contribution in [2.75, 3.05) is 11.5 Å². The normalized spacial score (nSPS) is 14.2. The van der Waals surface area contributed by atoms with E-state index < -0.39 is 5.97 Å². The van der Waals surface area contributed by atoms with Crippen LogP contribution < -0.4 is 4.74 Å². The first-order chi connectivity index (χ1) is 12.6. The SMILES string of the molecule is CCc1cc(Oc2ccc(C(C)=C3SCCCS3)cc2)ccc1C(=O)O. The molecule has 0 amide bonds.